The second-order valence-corrected chi connectivity index (χ2v) is 9.65. The summed E-state index contributed by atoms with van der Waals surface area (Å²) in [6, 6.07) is 4.81. The molecule has 0 aliphatic carbocycles. The van der Waals surface area contributed by atoms with E-state index in [1.807, 2.05) is 0 Å². The van der Waals surface area contributed by atoms with Crippen LogP contribution in [0.4, 0.5) is 5.69 Å². The third-order valence-corrected chi connectivity index (χ3v) is 7.53. The van der Waals surface area contributed by atoms with Gasteiger partial charge in [-0.2, -0.15) is 0 Å². The van der Waals surface area contributed by atoms with Crippen LogP contribution in [0, 0.1) is 0 Å². The number of carbonyl (C=O) groups excluding carboxylic acids is 2. The van der Waals surface area contributed by atoms with Gasteiger partial charge in [0.25, 0.3) is 5.91 Å². The summed E-state index contributed by atoms with van der Waals surface area (Å²) in [5, 5.41) is 3.09. The van der Waals surface area contributed by atoms with Crippen molar-refractivity contribution in [2.75, 3.05) is 31.3 Å². The van der Waals surface area contributed by atoms with Gasteiger partial charge in [0, 0.05) is 37.2 Å². The molecule has 2 aliphatic rings. The summed E-state index contributed by atoms with van der Waals surface area (Å²) in [5.74, 6) is -0.559. The number of hydrogen-bond donors (Lipinski definition) is 1. The number of amides is 1. The van der Waals surface area contributed by atoms with Crippen LogP contribution in [0.15, 0.2) is 29.3 Å². The SMILES string of the molecule is CCS(=O)(=O)N1CCC2(CC1)OC(=O)C(C)=C2C(=O)Nc1ccc(OC)c(Cl)c1. The van der Waals surface area contributed by atoms with Crippen LogP contribution >= 0.6 is 11.6 Å². The highest BCUT2D eigenvalue weighted by atomic mass is 35.5. The number of rotatable bonds is 5. The number of methoxy groups -OCH3 is 1. The maximum absolute atomic E-state index is 13.0. The van der Waals surface area contributed by atoms with Crippen molar-refractivity contribution in [2.45, 2.75) is 32.3 Å². The van der Waals surface area contributed by atoms with Gasteiger partial charge >= 0.3 is 5.97 Å². The first-order chi connectivity index (χ1) is 13.6. The van der Waals surface area contributed by atoms with Crippen LogP contribution in [-0.4, -0.2) is 56.2 Å². The Balaban J connectivity index is 1.84. The molecule has 29 heavy (non-hydrogen) atoms. The van der Waals surface area contributed by atoms with Crippen molar-refractivity contribution < 1.29 is 27.5 Å². The number of halogens is 1. The van der Waals surface area contributed by atoms with Crippen LogP contribution in [0.1, 0.15) is 26.7 Å². The van der Waals surface area contributed by atoms with Crippen molar-refractivity contribution in [1.82, 2.24) is 4.31 Å². The summed E-state index contributed by atoms with van der Waals surface area (Å²) in [7, 11) is -1.85. The second kappa shape index (κ2) is 7.97. The van der Waals surface area contributed by atoms with Crippen LogP contribution in [-0.2, 0) is 24.3 Å². The number of esters is 1. The Bertz CT molecular complexity index is 980. The highest BCUT2D eigenvalue weighted by molar-refractivity contribution is 7.89. The molecule has 0 radical (unpaired) electrons. The molecule has 2 heterocycles. The first kappa shape index (κ1) is 21.6. The van der Waals surface area contributed by atoms with E-state index in [-0.39, 0.29) is 42.8 Å². The number of sulfonamides is 1. The third kappa shape index (κ3) is 3.99. The van der Waals surface area contributed by atoms with Gasteiger partial charge in [0.1, 0.15) is 11.4 Å². The summed E-state index contributed by atoms with van der Waals surface area (Å²) in [4.78, 5) is 25.3. The fraction of sp³-hybridized carbons (Fsp3) is 0.474. The number of nitrogens with one attached hydrogen (secondary N) is 1. The van der Waals surface area contributed by atoms with E-state index in [0.717, 1.165) is 0 Å². The Morgan fingerprint density at radius 3 is 2.55 bits per heavy atom. The van der Waals surface area contributed by atoms with Crippen molar-refractivity contribution in [3.8, 4) is 5.75 Å². The number of benzene rings is 1. The minimum atomic E-state index is -3.34. The molecule has 1 saturated heterocycles. The molecule has 1 aromatic rings. The number of nitrogens with zero attached hydrogens (tertiary/aromatic N) is 1. The van der Waals surface area contributed by atoms with Gasteiger partial charge in [0.15, 0.2) is 0 Å². The van der Waals surface area contributed by atoms with E-state index in [4.69, 9.17) is 21.1 Å². The summed E-state index contributed by atoms with van der Waals surface area (Å²) < 4.78 is 36.3. The molecule has 3 rings (SSSR count). The van der Waals surface area contributed by atoms with Gasteiger partial charge in [0.2, 0.25) is 10.0 Å². The molecule has 10 heteroatoms. The van der Waals surface area contributed by atoms with Crippen molar-refractivity contribution in [2.24, 2.45) is 0 Å². The molecular formula is C19H23ClN2O6S. The lowest BCUT2D eigenvalue weighted by Crippen LogP contribution is -2.49. The van der Waals surface area contributed by atoms with E-state index >= 15 is 0 Å². The molecular weight excluding hydrogens is 420 g/mol. The average Bonchev–Trinajstić information content (AvgIpc) is 2.92. The third-order valence-electron chi connectivity index (χ3n) is 5.35. The fourth-order valence-corrected chi connectivity index (χ4v) is 5.09. The first-order valence-electron chi connectivity index (χ1n) is 9.21. The van der Waals surface area contributed by atoms with Crippen LogP contribution < -0.4 is 10.1 Å². The Labute approximate surface area is 174 Å². The molecule has 1 spiro atoms. The van der Waals surface area contributed by atoms with E-state index in [1.165, 1.54) is 11.4 Å². The highest BCUT2D eigenvalue weighted by Crippen LogP contribution is 2.42. The maximum Gasteiger partial charge on any atom is 0.335 e. The molecule has 1 fully saturated rings. The first-order valence-corrected chi connectivity index (χ1v) is 11.2. The second-order valence-electron chi connectivity index (χ2n) is 6.99. The van der Waals surface area contributed by atoms with Crippen LogP contribution in [0.25, 0.3) is 0 Å². The molecule has 0 atom stereocenters. The number of hydrogen-bond acceptors (Lipinski definition) is 6. The van der Waals surface area contributed by atoms with Crippen molar-refractivity contribution in [3.63, 3.8) is 0 Å². The lowest BCUT2D eigenvalue weighted by molar-refractivity contribution is -0.149. The molecule has 0 aromatic heterocycles. The largest absolute Gasteiger partial charge is 0.495 e. The Hall–Kier alpha value is -2.10. The number of piperidine rings is 1. The van der Waals surface area contributed by atoms with Gasteiger partial charge in [0.05, 0.1) is 23.5 Å². The average molecular weight is 443 g/mol. The van der Waals surface area contributed by atoms with Gasteiger partial charge in [-0.25, -0.2) is 17.5 Å². The molecule has 1 aromatic carbocycles. The topological polar surface area (TPSA) is 102 Å². The molecule has 1 N–H and O–H groups in total. The summed E-state index contributed by atoms with van der Waals surface area (Å²) in [6.07, 6.45) is 0.447. The van der Waals surface area contributed by atoms with Crippen molar-refractivity contribution >= 4 is 39.2 Å². The molecule has 0 bridgehead atoms. The fourth-order valence-electron chi connectivity index (χ4n) is 3.72. The predicted molar refractivity (Wildman–Crippen MR) is 108 cm³/mol. The molecule has 2 aliphatic heterocycles. The number of ether oxygens (including phenoxy) is 2. The predicted octanol–water partition coefficient (Wildman–Crippen LogP) is 2.34. The smallest absolute Gasteiger partial charge is 0.335 e. The van der Waals surface area contributed by atoms with Crippen LogP contribution in [0.5, 0.6) is 5.75 Å². The molecule has 0 unspecified atom stereocenters. The van der Waals surface area contributed by atoms with Crippen molar-refractivity contribution in [3.05, 3.63) is 34.4 Å². The van der Waals surface area contributed by atoms with Gasteiger partial charge < -0.3 is 14.8 Å². The Kier molecular flexibility index (Phi) is 5.93. The van der Waals surface area contributed by atoms with E-state index in [1.54, 1.807) is 32.0 Å². The van der Waals surface area contributed by atoms with Crippen LogP contribution in [0.3, 0.4) is 0 Å². The normalized spacial score (nSPS) is 19.4. The Morgan fingerprint density at radius 1 is 1.34 bits per heavy atom. The number of anilines is 1. The van der Waals surface area contributed by atoms with Crippen LogP contribution in [0.2, 0.25) is 5.02 Å². The monoisotopic (exact) mass is 442 g/mol. The van der Waals surface area contributed by atoms with E-state index in [9.17, 15) is 18.0 Å². The highest BCUT2D eigenvalue weighted by Gasteiger charge is 2.51. The maximum atomic E-state index is 13.0. The zero-order valence-corrected chi connectivity index (χ0v) is 18.0. The lowest BCUT2D eigenvalue weighted by Gasteiger charge is -2.38. The molecule has 0 saturated carbocycles. The van der Waals surface area contributed by atoms with Crippen molar-refractivity contribution in [1.29, 1.82) is 0 Å². The number of carbonyl (C=O) groups is 2. The Morgan fingerprint density at radius 2 is 2.00 bits per heavy atom. The standard InChI is InChI=1S/C19H23ClN2O6S/c1-4-29(25,26)22-9-7-19(8-10-22)16(12(2)18(24)28-19)17(23)21-13-5-6-15(27-3)14(20)11-13/h5-6,11H,4,7-10H2,1-3H3,(H,21,23). The minimum Gasteiger partial charge on any atom is -0.495 e. The van der Waals surface area contributed by atoms with Gasteiger partial charge in [-0.05, 0) is 32.0 Å². The summed E-state index contributed by atoms with van der Waals surface area (Å²) in [5.41, 5.74) is -0.208. The van der Waals surface area contributed by atoms with Gasteiger partial charge in [-0.3, -0.25) is 4.79 Å². The van der Waals surface area contributed by atoms with E-state index in [0.29, 0.717) is 16.5 Å². The molecule has 1 amide bonds. The molecule has 8 nitrogen and oxygen atoms in total. The molecule has 158 valence electrons. The van der Waals surface area contributed by atoms with Gasteiger partial charge in [-0.15, -0.1) is 0 Å². The zero-order valence-electron chi connectivity index (χ0n) is 16.5. The van der Waals surface area contributed by atoms with E-state index in [2.05, 4.69) is 5.32 Å². The minimum absolute atomic E-state index is 0.000225. The lowest BCUT2D eigenvalue weighted by atomic mass is 9.83. The summed E-state index contributed by atoms with van der Waals surface area (Å²) >= 11 is 6.11. The zero-order chi connectivity index (χ0) is 21.4. The quantitative estimate of drug-likeness (QED) is 0.702. The van der Waals surface area contributed by atoms with E-state index < -0.39 is 27.5 Å². The van der Waals surface area contributed by atoms with Gasteiger partial charge in [-0.1, -0.05) is 11.6 Å². The summed E-state index contributed by atoms with van der Waals surface area (Å²) in [6.45, 7) is 3.49.